The van der Waals surface area contributed by atoms with Gasteiger partial charge in [-0.2, -0.15) is 0 Å². The molecule has 0 fully saturated rings. The maximum absolute atomic E-state index is 11.6. The zero-order valence-corrected chi connectivity index (χ0v) is 7.80. The first-order valence-corrected chi connectivity index (χ1v) is 5.17. The van der Waals surface area contributed by atoms with Gasteiger partial charge in [0, 0.05) is 0 Å². The molecule has 9 heteroatoms. The van der Waals surface area contributed by atoms with Crippen molar-refractivity contribution in [1.82, 2.24) is 0 Å². The van der Waals surface area contributed by atoms with Crippen LogP contribution in [-0.2, 0) is 13.6 Å². The Bertz CT molecular complexity index is 184. The lowest BCUT2D eigenvalue weighted by Crippen LogP contribution is -2.10. The average Bonchev–Trinajstić information content (AvgIpc) is 2.11. The Hall–Kier alpha value is -0.170. The van der Waals surface area contributed by atoms with Crippen molar-refractivity contribution in [1.29, 1.82) is 0 Å². The van der Waals surface area contributed by atoms with E-state index in [1.165, 1.54) is 0 Å². The van der Waals surface area contributed by atoms with Crippen LogP contribution < -0.4 is 0 Å². The third-order valence-corrected chi connectivity index (χ3v) is 2.40. The summed E-state index contributed by atoms with van der Waals surface area (Å²) in [4.78, 5) is 0. The summed E-state index contributed by atoms with van der Waals surface area (Å²) < 4.78 is 65.3. The highest BCUT2D eigenvalue weighted by Crippen LogP contribution is 2.47. The van der Waals surface area contributed by atoms with E-state index in [1.54, 1.807) is 0 Å². The van der Waals surface area contributed by atoms with Crippen molar-refractivity contribution in [2.24, 2.45) is 0 Å². The molecule has 0 heterocycles. The highest BCUT2D eigenvalue weighted by atomic mass is 31.2. The van der Waals surface area contributed by atoms with Gasteiger partial charge in [-0.15, -0.1) is 0 Å². The minimum Gasteiger partial charge on any atom is -0.384 e. The van der Waals surface area contributed by atoms with Gasteiger partial charge in [-0.3, -0.25) is 4.57 Å². The molecule has 0 atom stereocenters. The van der Waals surface area contributed by atoms with E-state index in [-0.39, 0.29) is 0 Å². The molecular weight excluding hydrogens is 231 g/mol. The van der Waals surface area contributed by atoms with Crippen LogP contribution in [0.5, 0.6) is 0 Å². The van der Waals surface area contributed by atoms with Gasteiger partial charge in [-0.05, 0) is 0 Å². The lowest BCUT2D eigenvalue weighted by atomic mass is 10.8. The summed E-state index contributed by atoms with van der Waals surface area (Å²) in [6, 6.07) is 0. The monoisotopic (exact) mass is 240 g/mol. The van der Waals surface area contributed by atoms with Gasteiger partial charge in [0.15, 0.2) is 0 Å². The van der Waals surface area contributed by atoms with Crippen LogP contribution in [0.3, 0.4) is 0 Å². The molecule has 0 aliphatic heterocycles. The molecule has 0 saturated carbocycles. The van der Waals surface area contributed by atoms with Gasteiger partial charge in [-0.25, -0.2) is 17.6 Å². The molecule has 0 aromatic carbocycles. The maximum Gasteiger partial charge on any atom is 0.356 e. The third-order valence-electron chi connectivity index (χ3n) is 0.968. The quantitative estimate of drug-likeness (QED) is 0.543. The minimum absolute atomic E-state index is 1.22. The van der Waals surface area contributed by atoms with E-state index in [0.717, 1.165) is 0 Å². The molecule has 4 nitrogen and oxygen atoms in total. The largest absolute Gasteiger partial charge is 0.384 e. The summed E-state index contributed by atoms with van der Waals surface area (Å²) in [5, 5.41) is 8.41. The fourth-order valence-electron chi connectivity index (χ4n) is 0.459. The molecule has 0 radical (unpaired) electrons. The second kappa shape index (κ2) is 6.34. The fraction of sp³-hybridized carbons (Fsp3) is 1.00. The lowest BCUT2D eigenvalue weighted by molar-refractivity contribution is 0.0421. The zero-order valence-electron chi connectivity index (χ0n) is 6.91. The van der Waals surface area contributed by atoms with Gasteiger partial charge >= 0.3 is 7.60 Å². The van der Waals surface area contributed by atoms with E-state index in [1.807, 2.05) is 0 Å². The Balaban J connectivity index is 3.98. The van der Waals surface area contributed by atoms with Crippen LogP contribution in [0.1, 0.15) is 0 Å². The number of hydrogen-bond acceptors (Lipinski definition) is 4. The van der Waals surface area contributed by atoms with E-state index in [0.29, 0.717) is 0 Å². The van der Waals surface area contributed by atoms with E-state index in [4.69, 9.17) is 5.11 Å². The van der Waals surface area contributed by atoms with Crippen LogP contribution >= 0.6 is 7.60 Å². The number of rotatable bonds is 7. The first-order valence-electron chi connectivity index (χ1n) is 3.45. The maximum atomic E-state index is 11.6. The number of halogens is 4. The van der Waals surface area contributed by atoms with Crippen LogP contribution in [0, 0.1) is 0 Å². The van der Waals surface area contributed by atoms with Gasteiger partial charge in [0.2, 0.25) is 0 Å². The second-order valence-electron chi connectivity index (χ2n) is 2.13. The predicted octanol–water partition coefficient (Wildman–Crippen LogP) is 1.69. The van der Waals surface area contributed by atoms with Crippen molar-refractivity contribution >= 4 is 7.60 Å². The van der Waals surface area contributed by atoms with Crippen LogP contribution in [-0.4, -0.2) is 37.5 Å². The van der Waals surface area contributed by atoms with Crippen LogP contribution in [0.15, 0.2) is 0 Å². The number of aliphatic hydroxyl groups excluding tert-OH is 1. The SMILES string of the molecule is O=P(CO)(OCC(F)F)OCC(F)F. The molecule has 0 aromatic rings. The van der Waals surface area contributed by atoms with Gasteiger partial charge in [-0.1, -0.05) is 0 Å². The number of aliphatic hydroxyl groups is 1. The van der Waals surface area contributed by atoms with E-state index < -0.39 is 40.0 Å². The van der Waals surface area contributed by atoms with Gasteiger partial charge in [0.25, 0.3) is 12.9 Å². The van der Waals surface area contributed by atoms with Gasteiger partial charge in [0.1, 0.15) is 19.6 Å². The van der Waals surface area contributed by atoms with Crippen molar-refractivity contribution in [3.05, 3.63) is 0 Å². The van der Waals surface area contributed by atoms with Crippen LogP contribution in [0.25, 0.3) is 0 Å². The third kappa shape index (κ3) is 6.31. The van der Waals surface area contributed by atoms with E-state index in [2.05, 4.69) is 9.05 Å². The Morgan fingerprint density at radius 3 is 1.64 bits per heavy atom. The summed E-state index contributed by atoms with van der Waals surface area (Å²) in [6.45, 7) is -2.47. The molecule has 86 valence electrons. The highest BCUT2D eigenvalue weighted by molar-refractivity contribution is 7.53. The lowest BCUT2D eigenvalue weighted by Gasteiger charge is -2.15. The van der Waals surface area contributed by atoms with Gasteiger partial charge in [0.05, 0.1) is 0 Å². The first-order chi connectivity index (χ1) is 6.39. The van der Waals surface area contributed by atoms with Crippen molar-refractivity contribution in [2.45, 2.75) is 12.9 Å². The summed E-state index contributed by atoms with van der Waals surface area (Å²) in [5.74, 6) is 0. The van der Waals surface area contributed by atoms with Crippen molar-refractivity contribution in [3.8, 4) is 0 Å². The Labute approximate surface area is 77.3 Å². The fourth-order valence-corrected chi connectivity index (χ4v) is 1.38. The second-order valence-corrected chi connectivity index (χ2v) is 4.15. The molecular formula is C5H9F4O4P. The van der Waals surface area contributed by atoms with Crippen molar-refractivity contribution in [3.63, 3.8) is 0 Å². The van der Waals surface area contributed by atoms with E-state index in [9.17, 15) is 22.1 Å². The zero-order chi connectivity index (χ0) is 11.2. The Morgan fingerprint density at radius 2 is 1.43 bits per heavy atom. The Morgan fingerprint density at radius 1 is 1.07 bits per heavy atom. The number of alkyl halides is 4. The smallest absolute Gasteiger partial charge is 0.356 e. The molecule has 0 spiro atoms. The van der Waals surface area contributed by atoms with Crippen molar-refractivity contribution in [2.75, 3.05) is 19.6 Å². The molecule has 1 N–H and O–H groups in total. The summed E-state index contributed by atoms with van der Waals surface area (Å²) in [5.41, 5.74) is 0. The van der Waals surface area contributed by atoms with E-state index >= 15 is 0 Å². The highest BCUT2D eigenvalue weighted by Gasteiger charge is 2.26. The minimum atomic E-state index is -4.21. The standard InChI is InChI=1S/C5H9F4O4P/c6-4(7)1-12-14(11,3-10)13-2-5(8)9/h4-5,10H,1-3H2. The molecule has 0 aromatic heterocycles. The molecule has 0 rings (SSSR count). The molecule has 0 amide bonds. The molecule has 0 aliphatic carbocycles. The predicted molar refractivity (Wildman–Crippen MR) is 38.6 cm³/mol. The normalized spacial score (nSPS) is 12.8. The number of hydrogen-bond donors (Lipinski definition) is 1. The molecule has 0 saturated heterocycles. The van der Waals surface area contributed by atoms with Crippen LogP contribution in [0.2, 0.25) is 0 Å². The van der Waals surface area contributed by atoms with Crippen molar-refractivity contribution < 1.29 is 36.3 Å². The summed E-state index contributed by atoms with van der Waals surface area (Å²) in [7, 11) is -4.21. The summed E-state index contributed by atoms with van der Waals surface area (Å²) >= 11 is 0. The molecule has 0 aliphatic rings. The molecule has 0 bridgehead atoms. The molecule has 14 heavy (non-hydrogen) atoms. The molecule has 0 unspecified atom stereocenters. The van der Waals surface area contributed by atoms with Gasteiger partial charge < -0.3 is 14.2 Å². The summed E-state index contributed by atoms with van der Waals surface area (Å²) in [6.07, 6.45) is -7.04. The first kappa shape index (κ1) is 13.8. The Kier molecular flexibility index (Phi) is 6.26. The average molecular weight is 240 g/mol. The van der Waals surface area contributed by atoms with Crippen LogP contribution in [0.4, 0.5) is 17.6 Å². The topological polar surface area (TPSA) is 55.8 Å².